The van der Waals surface area contributed by atoms with Crippen LogP contribution in [-0.2, 0) is 11.8 Å². The zero-order valence-corrected chi connectivity index (χ0v) is 11.3. The van der Waals surface area contributed by atoms with Crippen LogP contribution in [0.3, 0.4) is 0 Å². The zero-order valence-electron chi connectivity index (χ0n) is 10.6. The second kappa shape index (κ2) is 5.55. The zero-order chi connectivity index (χ0) is 13.0. The summed E-state index contributed by atoms with van der Waals surface area (Å²) in [5.41, 5.74) is 8.28. The molecule has 2 rings (SSSR count). The lowest BCUT2D eigenvalue weighted by atomic mass is 9.77. The molecular weight excluding hydrogens is 242 g/mol. The first-order chi connectivity index (χ1) is 8.65. The highest BCUT2D eigenvalue weighted by Crippen LogP contribution is 2.32. The fourth-order valence-electron chi connectivity index (χ4n) is 2.27. The number of nitrogens with two attached hydrogens (primary N) is 1. The van der Waals surface area contributed by atoms with Crippen LogP contribution in [0.2, 0.25) is 5.02 Å². The highest BCUT2D eigenvalue weighted by molar-refractivity contribution is 6.31. The van der Waals surface area contributed by atoms with E-state index in [1.54, 1.807) is 0 Å². The van der Waals surface area contributed by atoms with Gasteiger partial charge in [-0.05, 0) is 23.6 Å². The first-order valence-corrected chi connectivity index (χ1v) is 6.52. The molecule has 2 aromatic rings. The standard InChI is InChI=1S/C16H18ClN/c1-16(12-18,11-13-7-3-2-4-8-13)14-9-5-6-10-15(14)17/h2-10H,11-12,18H2,1H3. The van der Waals surface area contributed by atoms with E-state index in [1.165, 1.54) is 5.56 Å². The summed E-state index contributed by atoms with van der Waals surface area (Å²) in [4.78, 5) is 0. The van der Waals surface area contributed by atoms with Gasteiger partial charge in [-0.25, -0.2) is 0 Å². The maximum Gasteiger partial charge on any atom is 0.0444 e. The van der Waals surface area contributed by atoms with E-state index in [0.29, 0.717) is 6.54 Å². The van der Waals surface area contributed by atoms with Crippen molar-refractivity contribution in [1.82, 2.24) is 0 Å². The Morgan fingerprint density at radius 1 is 1.00 bits per heavy atom. The van der Waals surface area contributed by atoms with Crippen molar-refractivity contribution < 1.29 is 0 Å². The van der Waals surface area contributed by atoms with E-state index in [2.05, 4.69) is 37.3 Å². The van der Waals surface area contributed by atoms with Crippen molar-refractivity contribution in [2.24, 2.45) is 5.73 Å². The highest BCUT2D eigenvalue weighted by atomic mass is 35.5. The van der Waals surface area contributed by atoms with Crippen LogP contribution in [0.1, 0.15) is 18.1 Å². The molecule has 0 spiro atoms. The van der Waals surface area contributed by atoms with Gasteiger partial charge in [0.15, 0.2) is 0 Å². The highest BCUT2D eigenvalue weighted by Gasteiger charge is 2.27. The molecule has 18 heavy (non-hydrogen) atoms. The van der Waals surface area contributed by atoms with E-state index in [0.717, 1.165) is 17.0 Å². The minimum absolute atomic E-state index is 0.125. The minimum Gasteiger partial charge on any atom is -0.330 e. The monoisotopic (exact) mass is 259 g/mol. The summed E-state index contributed by atoms with van der Waals surface area (Å²) in [5, 5.41) is 0.793. The Balaban J connectivity index is 2.34. The lowest BCUT2D eigenvalue weighted by Gasteiger charge is -2.29. The predicted molar refractivity (Wildman–Crippen MR) is 78.0 cm³/mol. The van der Waals surface area contributed by atoms with Gasteiger partial charge in [0.2, 0.25) is 0 Å². The third-order valence-electron chi connectivity index (χ3n) is 3.41. The van der Waals surface area contributed by atoms with E-state index >= 15 is 0 Å². The Bertz CT molecular complexity index is 510. The quantitative estimate of drug-likeness (QED) is 0.888. The Morgan fingerprint density at radius 3 is 2.22 bits per heavy atom. The average molecular weight is 260 g/mol. The lowest BCUT2D eigenvalue weighted by Crippen LogP contribution is -2.34. The summed E-state index contributed by atoms with van der Waals surface area (Å²) in [6.45, 7) is 2.74. The summed E-state index contributed by atoms with van der Waals surface area (Å²) in [6.07, 6.45) is 0.897. The van der Waals surface area contributed by atoms with Crippen LogP contribution in [0.5, 0.6) is 0 Å². The van der Waals surface area contributed by atoms with E-state index in [-0.39, 0.29) is 5.41 Å². The smallest absolute Gasteiger partial charge is 0.0444 e. The van der Waals surface area contributed by atoms with E-state index in [4.69, 9.17) is 17.3 Å². The van der Waals surface area contributed by atoms with Gasteiger partial charge in [-0.2, -0.15) is 0 Å². The molecule has 0 fully saturated rings. The number of benzene rings is 2. The van der Waals surface area contributed by atoms with E-state index in [9.17, 15) is 0 Å². The molecule has 2 aromatic carbocycles. The van der Waals surface area contributed by atoms with Gasteiger partial charge in [0.1, 0.15) is 0 Å². The van der Waals surface area contributed by atoms with Crippen molar-refractivity contribution in [1.29, 1.82) is 0 Å². The van der Waals surface area contributed by atoms with Gasteiger partial charge in [-0.15, -0.1) is 0 Å². The lowest BCUT2D eigenvalue weighted by molar-refractivity contribution is 0.481. The summed E-state index contributed by atoms with van der Waals surface area (Å²) >= 11 is 6.30. The number of rotatable bonds is 4. The summed E-state index contributed by atoms with van der Waals surface area (Å²) in [5.74, 6) is 0. The molecule has 0 saturated carbocycles. The molecule has 94 valence electrons. The Hall–Kier alpha value is -1.31. The Kier molecular flexibility index (Phi) is 4.05. The number of hydrogen-bond donors (Lipinski definition) is 1. The normalized spacial score (nSPS) is 14.2. The molecule has 1 atom stereocenters. The van der Waals surface area contributed by atoms with Crippen molar-refractivity contribution in [3.63, 3.8) is 0 Å². The third kappa shape index (κ3) is 2.74. The molecule has 1 nitrogen and oxygen atoms in total. The number of hydrogen-bond acceptors (Lipinski definition) is 1. The van der Waals surface area contributed by atoms with Crippen molar-refractivity contribution >= 4 is 11.6 Å². The molecule has 0 aliphatic rings. The van der Waals surface area contributed by atoms with Crippen molar-refractivity contribution in [2.75, 3.05) is 6.54 Å². The second-order valence-electron chi connectivity index (χ2n) is 4.91. The van der Waals surface area contributed by atoms with Gasteiger partial charge in [-0.3, -0.25) is 0 Å². The molecule has 1 unspecified atom stereocenters. The SMILES string of the molecule is CC(CN)(Cc1ccccc1)c1ccccc1Cl. The molecule has 0 aliphatic carbocycles. The molecule has 0 radical (unpaired) electrons. The molecule has 0 aliphatic heterocycles. The van der Waals surface area contributed by atoms with Crippen molar-refractivity contribution in [3.8, 4) is 0 Å². The van der Waals surface area contributed by atoms with Crippen LogP contribution in [0, 0.1) is 0 Å². The van der Waals surface area contributed by atoms with Crippen LogP contribution in [-0.4, -0.2) is 6.54 Å². The van der Waals surface area contributed by atoms with Gasteiger partial charge in [-0.1, -0.05) is 67.1 Å². The molecule has 0 bridgehead atoms. The van der Waals surface area contributed by atoms with Crippen LogP contribution in [0.25, 0.3) is 0 Å². The summed E-state index contributed by atoms with van der Waals surface area (Å²) < 4.78 is 0. The molecule has 0 saturated heterocycles. The predicted octanol–water partition coefficient (Wildman–Crippen LogP) is 3.80. The Morgan fingerprint density at radius 2 is 1.61 bits per heavy atom. The maximum atomic E-state index is 6.30. The molecule has 0 heterocycles. The van der Waals surface area contributed by atoms with Crippen LogP contribution >= 0.6 is 11.6 Å². The van der Waals surface area contributed by atoms with Gasteiger partial charge >= 0.3 is 0 Å². The van der Waals surface area contributed by atoms with Gasteiger partial charge in [0.25, 0.3) is 0 Å². The maximum absolute atomic E-state index is 6.30. The first-order valence-electron chi connectivity index (χ1n) is 6.15. The minimum atomic E-state index is -0.125. The van der Waals surface area contributed by atoms with Gasteiger partial charge in [0, 0.05) is 17.0 Å². The van der Waals surface area contributed by atoms with E-state index in [1.807, 2.05) is 24.3 Å². The summed E-state index contributed by atoms with van der Waals surface area (Å²) in [6, 6.07) is 18.4. The van der Waals surface area contributed by atoms with Crippen LogP contribution in [0.4, 0.5) is 0 Å². The molecule has 0 aromatic heterocycles. The Labute approximate surface area is 114 Å². The average Bonchev–Trinajstić information content (AvgIpc) is 2.40. The van der Waals surface area contributed by atoms with E-state index < -0.39 is 0 Å². The molecular formula is C16H18ClN. The molecule has 0 amide bonds. The largest absolute Gasteiger partial charge is 0.330 e. The fourth-order valence-corrected chi connectivity index (χ4v) is 2.64. The van der Waals surface area contributed by atoms with Crippen LogP contribution in [0.15, 0.2) is 54.6 Å². The van der Waals surface area contributed by atoms with Crippen LogP contribution < -0.4 is 5.73 Å². The van der Waals surface area contributed by atoms with Gasteiger partial charge in [0.05, 0.1) is 0 Å². The molecule has 2 N–H and O–H groups in total. The van der Waals surface area contributed by atoms with Crippen molar-refractivity contribution in [2.45, 2.75) is 18.8 Å². The fraction of sp³-hybridized carbons (Fsp3) is 0.250. The van der Waals surface area contributed by atoms with Gasteiger partial charge < -0.3 is 5.73 Å². The summed E-state index contributed by atoms with van der Waals surface area (Å²) in [7, 11) is 0. The third-order valence-corrected chi connectivity index (χ3v) is 3.74. The first kappa shape index (κ1) is 13.1. The number of halogens is 1. The second-order valence-corrected chi connectivity index (χ2v) is 5.31. The molecule has 2 heteroatoms. The topological polar surface area (TPSA) is 26.0 Å². The van der Waals surface area contributed by atoms with Crippen molar-refractivity contribution in [3.05, 3.63) is 70.7 Å².